The zero-order valence-corrected chi connectivity index (χ0v) is 14.7. The number of aryl methyl sites for hydroxylation is 3. The number of nitrogens with two attached hydrogens (primary N) is 1. The quantitative estimate of drug-likeness (QED) is 0.849. The third-order valence-corrected chi connectivity index (χ3v) is 5.08. The van der Waals surface area contributed by atoms with Crippen LogP contribution in [-0.4, -0.2) is 15.7 Å². The van der Waals surface area contributed by atoms with E-state index >= 15 is 0 Å². The van der Waals surface area contributed by atoms with Crippen molar-refractivity contribution in [1.29, 1.82) is 0 Å². The van der Waals surface area contributed by atoms with Gasteiger partial charge in [0.25, 0.3) is 0 Å². The standard InChI is InChI=1S/C19H26N4O/c1-12-16(13(2)23(3)22-12)9-10-19(24)21-18-6-4-5-14-11-15(20)7-8-17(14)18/h7-8,11,18H,4-6,9-10,20H2,1-3H3,(H,21,24). The summed E-state index contributed by atoms with van der Waals surface area (Å²) < 4.78 is 1.88. The molecule has 0 bridgehead atoms. The van der Waals surface area contributed by atoms with Crippen molar-refractivity contribution < 1.29 is 4.79 Å². The Hall–Kier alpha value is -2.30. The minimum atomic E-state index is 0.104. The molecule has 1 amide bonds. The first-order chi connectivity index (χ1) is 11.5. The monoisotopic (exact) mass is 326 g/mol. The SMILES string of the molecule is Cc1nn(C)c(C)c1CCC(=O)NC1CCCc2cc(N)ccc21. The van der Waals surface area contributed by atoms with Crippen molar-refractivity contribution in [2.24, 2.45) is 7.05 Å². The van der Waals surface area contributed by atoms with Crippen molar-refractivity contribution in [3.8, 4) is 0 Å². The topological polar surface area (TPSA) is 72.9 Å². The van der Waals surface area contributed by atoms with Crippen LogP contribution in [0.25, 0.3) is 0 Å². The lowest BCUT2D eigenvalue weighted by molar-refractivity contribution is -0.121. The van der Waals surface area contributed by atoms with Crippen molar-refractivity contribution in [1.82, 2.24) is 15.1 Å². The number of aromatic nitrogens is 2. The highest BCUT2D eigenvalue weighted by atomic mass is 16.1. The lowest BCUT2D eigenvalue weighted by atomic mass is 9.87. The molecule has 0 saturated carbocycles. The third kappa shape index (κ3) is 3.30. The summed E-state index contributed by atoms with van der Waals surface area (Å²) in [6.45, 7) is 4.05. The summed E-state index contributed by atoms with van der Waals surface area (Å²) in [7, 11) is 1.94. The van der Waals surface area contributed by atoms with Crippen molar-refractivity contribution in [2.45, 2.75) is 52.0 Å². The van der Waals surface area contributed by atoms with Crippen LogP contribution in [0.5, 0.6) is 0 Å². The lowest BCUT2D eigenvalue weighted by Crippen LogP contribution is -2.31. The average Bonchev–Trinajstić information content (AvgIpc) is 2.78. The minimum absolute atomic E-state index is 0.104. The molecular weight excluding hydrogens is 300 g/mol. The average molecular weight is 326 g/mol. The Bertz CT molecular complexity index is 763. The fourth-order valence-corrected chi connectivity index (χ4v) is 3.67. The summed E-state index contributed by atoms with van der Waals surface area (Å²) >= 11 is 0. The van der Waals surface area contributed by atoms with Crippen LogP contribution in [0.2, 0.25) is 0 Å². The maximum atomic E-state index is 12.4. The summed E-state index contributed by atoms with van der Waals surface area (Å²) in [6, 6.07) is 6.13. The summed E-state index contributed by atoms with van der Waals surface area (Å²) in [5, 5.41) is 7.62. The molecule has 3 rings (SSSR count). The Balaban J connectivity index is 1.64. The molecule has 3 N–H and O–H groups in total. The second-order valence-electron chi connectivity index (χ2n) is 6.74. The van der Waals surface area contributed by atoms with Crippen LogP contribution in [-0.2, 0) is 24.7 Å². The summed E-state index contributed by atoms with van der Waals surface area (Å²) in [6.07, 6.45) is 4.35. The molecule has 5 nitrogen and oxygen atoms in total. The Labute approximate surface area is 143 Å². The number of nitrogens with zero attached hydrogens (tertiary/aromatic N) is 2. The van der Waals surface area contributed by atoms with E-state index in [1.165, 1.54) is 16.7 Å². The van der Waals surface area contributed by atoms with Gasteiger partial charge in [0, 0.05) is 24.8 Å². The molecule has 128 valence electrons. The Morgan fingerprint density at radius 1 is 1.42 bits per heavy atom. The number of benzene rings is 1. The fraction of sp³-hybridized carbons (Fsp3) is 0.474. The zero-order valence-electron chi connectivity index (χ0n) is 14.7. The smallest absolute Gasteiger partial charge is 0.220 e. The van der Waals surface area contributed by atoms with E-state index in [1.807, 2.05) is 30.8 Å². The highest BCUT2D eigenvalue weighted by Crippen LogP contribution is 2.31. The van der Waals surface area contributed by atoms with Crippen molar-refractivity contribution in [3.63, 3.8) is 0 Å². The van der Waals surface area contributed by atoms with Crippen molar-refractivity contribution in [3.05, 3.63) is 46.3 Å². The van der Waals surface area contributed by atoms with Crippen LogP contribution in [0, 0.1) is 13.8 Å². The molecule has 1 aromatic heterocycles. The van der Waals surface area contributed by atoms with E-state index in [2.05, 4.69) is 23.4 Å². The molecule has 1 unspecified atom stereocenters. The Morgan fingerprint density at radius 2 is 2.21 bits per heavy atom. The second kappa shape index (κ2) is 6.67. The number of carbonyl (C=O) groups excluding carboxylic acids is 1. The van der Waals surface area contributed by atoms with E-state index in [4.69, 9.17) is 5.73 Å². The molecule has 5 heteroatoms. The van der Waals surface area contributed by atoms with Crippen LogP contribution in [0.4, 0.5) is 5.69 Å². The summed E-state index contributed by atoms with van der Waals surface area (Å²) in [4.78, 5) is 12.4. The normalized spacial score (nSPS) is 16.7. The van der Waals surface area contributed by atoms with Gasteiger partial charge < -0.3 is 11.1 Å². The molecule has 0 spiro atoms. The third-order valence-electron chi connectivity index (χ3n) is 5.08. The van der Waals surface area contributed by atoms with Gasteiger partial charge in [-0.1, -0.05) is 6.07 Å². The predicted octanol–water partition coefficient (Wildman–Crippen LogP) is 2.75. The molecule has 1 heterocycles. The molecule has 1 atom stereocenters. The molecule has 0 fully saturated rings. The van der Waals surface area contributed by atoms with Crippen molar-refractivity contribution in [2.75, 3.05) is 5.73 Å². The van der Waals surface area contributed by atoms with E-state index in [1.54, 1.807) is 0 Å². The first-order valence-corrected chi connectivity index (χ1v) is 8.62. The van der Waals surface area contributed by atoms with E-state index < -0.39 is 0 Å². The molecule has 0 saturated heterocycles. The van der Waals surface area contributed by atoms with Gasteiger partial charge >= 0.3 is 0 Å². The van der Waals surface area contributed by atoms with E-state index in [0.717, 1.165) is 42.8 Å². The molecule has 0 radical (unpaired) electrons. The van der Waals surface area contributed by atoms with Gasteiger partial charge in [0.1, 0.15) is 0 Å². The van der Waals surface area contributed by atoms with Gasteiger partial charge in [-0.05, 0) is 68.4 Å². The van der Waals surface area contributed by atoms with Gasteiger partial charge in [0.2, 0.25) is 5.91 Å². The molecule has 2 aromatic rings. The number of nitrogens with one attached hydrogen (secondary N) is 1. The van der Waals surface area contributed by atoms with Crippen LogP contribution in [0.15, 0.2) is 18.2 Å². The maximum absolute atomic E-state index is 12.4. The van der Waals surface area contributed by atoms with Crippen LogP contribution < -0.4 is 11.1 Å². The number of anilines is 1. The number of carbonyl (C=O) groups is 1. The van der Waals surface area contributed by atoms with E-state index in [0.29, 0.717) is 6.42 Å². The number of amides is 1. The summed E-state index contributed by atoms with van der Waals surface area (Å²) in [5.41, 5.74) is 12.5. The molecule has 24 heavy (non-hydrogen) atoms. The van der Waals surface area contributed by atoms with E-state index in [-0.39, 0.29) is 11.9 Å². The minimum Gasteiger partial charge on any atom is -0.399 e. The zero-order chi connectivity index (χ0) is 17.3. The molecule has 1 aliphatic rings. The van der Waals surface area contributed by atoms with Crippen LogP contribution in [0.3, 0.4) is 0 Å². The van der Waals surface area contributed by atoms with Gasteiger partial charge in [-0.3, -0.25) is 9.48 Å². The van der Waals surface area contributed by atoms with Crippen LogP contribution in [0.1, 0.15) is 53.4 Å². The maximum Gasteiger partial charge on any atom is 0.220 e. The highest BCUT2D eigenvalue weighted by Gasteiger charge is 2.22. The lowest BCUT2D eigenvalue weighted by Gasteiger charge is -2.26. The summed E-state index contributed by atoms with van der Waals surface area (Å²) in [5.74, 6) is 0.104. The van der Waals surface area contributed by atoms with Gasteiger partial charge in [0.15, 0.2) is 0 Å². The van der Waals surface area contributed by atoms with Crippen molar-refractivity contribution >= 4 is 11.6 Å². The van der Waals surface area contributed by atoms with E-state index in [9.17, 15) is 4.79 Å². The number of rotatable bonds is 4. The number of hydrogen-bond donors (Lipinski definition) is 2. The molecule has 1 aliphatic carbocycles. The number of fused-ring (bicyclic) bond motifs is 1. The number of nitrogen functional groups attached to an aromatic ring is 1. The molecule has 1 aromatic carbocycles. The predicted molar refractivity (Wildman–Crippen MR) is 95.7 cm³/mol. The van der Waals surface area contributed by atoms with Crippen LogP contribution >= 0.6 is 0 Å². The van der Waals surface area contributed by atoms with Gasteiger partial charge in [0.05, 0.1) is 11.7 Å². The molecule has 0 aliphatic heterocycles. The van der Waals surface area contributed by atoms with Gasteiger partial charge in [-0.2, -0.15) is 5.10 Å². The number of hydrogen-bond acceptors (Lipinski definition) is 3. The fourth-order valence-electron chi connectivity index (χ4n) is 3.67. The first-order valence-electron chi connectivity index (χ1n) is 8.62. The molecular formula is C19H26N4O. The Kier molecular flexibility index (Phi) is 4.60. The second-order valence-corrected chi connectivity index (χ2v) is 6.74. The largest absolute Gasteiger partial charge is 0.399 e. The van der Waals surface area contributed by atoms with Gasteiger partial charge in [-0.15, -0.1) is 0 Å². The highest BCUT2D eigenvalue weighted by molar-refractivity contribution is 5.77. The first kappa shape index (κ1) is 16.6. The Morgan fingerprint density at radius 3 is 2.92 bits per heavy atom. The van der Waals surface area contributed by atoms with Gasteiger partial charge in [-0.25, -0.2) is 0 Å².